The van der Waals surface area contributed by atoms with Crippen molar-refractivity contribution in [1.29, 1.82) is 0 Å². The monoisotopic (exact) mass is 243 g/mol. The molecule has 0 aliphatic carbocycles. The summed E-state index contributed by atoms with van der Waals surface area (Å²) in [6.45, 7) is 6.66. The van der Waals surface area contributed by atoms with Gasteiger partial charge in [0.2, 0.25) is 0 Å². The Labute approximate surface area is 109 Å². The molecular weight excluding hydrogens is 222 g/mol. The lowest BCUT2D eigenvalue weighted by atomic mass is 10.00. The number of ether oxygens (including phenoxy) is 1. The van der Waals surface area contributed by atoms with E-state index in [1.807, 2.05) is 6.92 Å². The van der Waals surface area contributed by atoms with E-state index >= 15 is 0 Å². The first-order chi connectivity index (χ1) is 8.83. The topological polar surface area (TPSA) is 21.3 Å². The molecule has 0 bridgehead atoms. The Balaban J connectivity index is 2.10. The molecule has 0 aliphatic heterocycles. The molecule has 2 aromatic rings. The number of benzene rings is 2. The lowest BCUT2D eigenvalue weighted by molar-refractivity contribution is 0.147. The zero-order valence-electron chi connectivity index (χ0n) is 11.1. The Bertz CT molecular complexity index is 490. The van der Waals surface area contributed by atoms with Gasteiger partial charge in [-0.05, 0) is 30.2 Å². The zero-order chi connectivity index (χ0) is 12.8. The third kappa shape index (κ3) is 3.09. The Morgan fingerprint density at radius 3 is 2.72 bits per heavy atom. The second-order valence-electron chi connectivity index (χ2n) is 4.44. The maximum absolute atomic E-state index is 5.34. The summed E-state index contributed by atoms with van der Waals surface area (Å²) in [5, 5.41) is 6.13. The third-order valence-electron chi connectivity index (χ3n) is 3.19. The Morgan fingerprint density at radius 2 is 1.89 bits per heavy atom. The highest BCUT2D eigenvalue weighted by molar-refractivity contribution is 5.86. The molecule has 1 N–H and O–H groups in total. The van der Waals surface area contributed by atoms with Gasteiger partial charge in [-0.1, -0.05) is 42.5 Å². The fourth-order valence-electron chi connectivity index (χ4n) is 2.23. The molecular formula is C16H21NO. The molecule has 0 saturated carbocycles. The van der Waals surface area contributed by atoms with Crippen LogP contribution in [-0.2, 0) is 4.74 Å². The molecule has 1 atom stereocenters. The molecule has 0 radical (unpaired) electrons. The van der Waals surface area contributed by atoms with Crippen LogP contribution in [0.25, 0.3) is 10.8 Å². The van der Waals surface area contributed by atoms with Crippen molar-refractivity contribution in [2.75, 3.05) is 19.8 Å². The minimum absolute atomic E-state index is 0.344. The maximum Gasteiger partial charge on any atom is 0.0590 e. The van der Waals surface area contributed by atoms with Gasteiger partial charge in [0.1, 0.15) is 0 Å². The van der Waals surface area contributed by atoms with Crippen molar-refractivity contribution >= 4 is 10.8 Å². The SMILES string of the molecule is CCOCCNC(C)c1cccc2ccccc12. The average Bonchev–Trinajstić information content (AvgIpc) is 2.43. The molecule has 96 valence electrons. The van der Waals surface area contributed by atoms with Gasteiger partial charge in [0.25, 0.3) is 0 Å². The molecule has 0 amide bonds. The predicted molar refractivity (Wildman–Crippen MR) is 76.9 cm³/mol. The second-order valence-corrected chi connectivity index (χ2v) is 4.44. The first-order valence-corrected chi connectivity index (χ1v) is 6.61. The van der Waals surface area contributed by atoms with E-state index in [2.05, 4.69) is 54.7 Å². The van der Waals surface area contributed by atoms with Gasteiger partial charge in [-0.3, -0.25) is 0 Å². The Hall–Kier alpha value is -1.38. The summed E-state index contributed by atoms with van der Waals surface area (Å²) in [5.74, 6) is 0. The fourth-order valence-corrected chi connectivity index (χ4v) is 2.23. The van der Waals surface area contributed by atoms with Crippen LogP contribution >= 0.6 is 0 Å². The quantitative estimate of drug-likeness (QED) is 0.784. The van der Waals surface area contributed by atoms with Gasteiger partial charge < -0.3 is 10.1 Å². The van der Waals surface area contributed by atoms with E-state index in [9.17, 15) is 0 Å². The van der Waals surface area contributed by atoms with Gasteiger partial charge in [0.05, 0.1) is 6.61 Å². The number of hydrogen-bond donors (Lipinski definition) is 1. The fraction of sp³-hybridized carbons (Fsp3) is 0.375. The molecule has 0 saturated heterocycles. The molecule has 2 aromatic carbocycles. The normalized spacial score (nSPS) is 12.8. The molecule has 0 heterocycles. The van der Waals surface area contributed by atoms with Crippen molar-refractivity contribution in [3.05, 3.63) is 48.0 Å². The minimum atomic E-state index is 0.344. The summed E-state index contributed by atoms with van der Waals surface area (Å²) in [6.07, 6.45) is 0. The maximum atomic E-state index is 5.34. The largest absolute Gasteiger partial charge is 0.380 e. The van der Waals surface area contributed by atoms with E-state index in [1.54, 1.807) is 0 Å². The third-order valence-corrected chi connectivity index (χ3v) is 3.19. The number of rotatable bonds is 6. The van der Waals surface area contributed by atoms with Gasteiger partial charge in [-0.15, -0.1) is 0 Å². The molecule has 18 heavy (non-hydrogen) atoms. The van der Waals surface area contributed by atoms with Gasteiger partial charge in [-0.25, -0.2) is 0 Å². The number of fused-ring (bicyclic) bond motifs is 1. The predicted octanol–water partition coefficient (Wildman–Crippen LogP) is 3.53. The molecule has 0 fully saturated rings. The van der Waals surface area contributed by atoms with Gasteiger partial charge in [0.15, 0.2) is 0 Å². The average molecular weight is 243 g/mol. The summed E-state index contributed by atoms with van der Waals surface area (Å²) in [5.41, 5.74) is 1.35. The van der Waals surface area contributed by atoms with Crippen molar-refractivity contribution in [2.24, 2.45) is 0 Å². The first kappa shape index (κ1) is 13.1. The summed E-state index contributed by atoms with van der Waals surface area (Å²) < 4.78 is 5.34. The molecule has 1 unspecified atom stereocenters. The summed E-state index contributed by atoms with van der Waals surface area (Å²) >= 11 is 0. The van der Waals surface area contributed by atoms with E-state index in [0.717, 1.165) is 19.8 Å². The minimum Gasteiger partial charge on any atom is -0.380 e. The van der Waals surface area contributed by atoms with Crippen LogP contribution in [-0.4, -0.2) is 19.8 Å². The second kappa shape index (κ2) is 6.53. The van der Waals surface area contributed by atoms with Gasteiger partial charge >= 0.3 is 0 Å². The van der Waals surface area contributed by atoms with Gasteiger partial charge in [-0.2, -0.15) is 0 Å². The van der Waals surface area contributed by atoms with Crippen LogP contribution in [0.15, 0.2) is 42.5 Å². The van der Waals surface area contributed by atoms with Crippen LogP contribution in [0, 0.1) is 0 Å². The zero-order valence-corrected chi connectivity index (χ0v) is 11.1. The van der Waals surface area contributed by atoms with Crippen LogP contribution in [0.2, 0.25) is 0 Å². The summed E-state index contributed by atoms with van der Waals surface area (Å²) in [7, 11) is 0. The highest BCUT2D eigenvalue weighted by Crippen LogP contribution is 2.23. The standard InChI is InChI=1S/C16H21NO/c1-3-18-12-11-17-13(2)15-10-6-8-14-7-4-5-9-16(14)15/h4-10,13,17H,3,11-12H2,1-2H3. The van der Waals surface area contributed by atoms with E-state index in [0.29, 0.717) is 6.04 Å². The highest BCUT2D eigenvalue weighted by atomic mass is 16.5. The van der Waals surface area contributed by atoms with Crippen LogP contribution in [0.1, 0.15) is 25.5 Å². The van der Waals surface area contributed by atoms with Crippen LogP contribution < -0.4 is 5.32 Å². The van der Waals surface area contributed by atoms with Crippen LogP contribution in [0.3, 0.4) is 0 Å². The van der Waals surface area contributed by atoms with E-state index in [1.165, 1.54) is 16.3 Å². The molecule has 0 aromatic heterocycles. The molecule has 0 aliphatic rings. The lowest BCUT2D eigenvalue weighted by Gasteiger charge is -2.16. The number of nitrogens with one attached hydrogen (secondary N) is 1. The molecule has 2 heteroatoms. The Kier molecular flexibility index (Phi) is 4.73. The van der Waals surface area contributed by atoms with E-state index in [-0.39, 0.29) is 0 Å². The van der Waals surface area contributed by atoms with Crippen molar-refractivity contribution in [3.63, 3.8) is 0 Å². The Morgan fingerprint density at radius 1 is 1.11 bits per heavy atom. The lowest BCUT2D eigenvalue weighted by Crippen LogP contribution is -2.23. The summed E-state index contributed by atoms with van der Waals surface area (Å²) in [4.78, 5) is 0. The number of hydrogen-bond acceptors (Lipinski definition) is 2. The first-order valence-electron chi connectivity index (χ1n) is 6.61. The molecule has 2 nitrogen and oxygen atoms in total. The molecule has 0 spiro atoms. The molecule has 2 rings (SSSR count). The highest BCUT2D eigenvalue weighted by Gasteiger charge is 2.07. The van der Waals surface area contributed by atoms with Crippen LogP contribution in [0.5, 0.6) is 0 Å². The van der Waals surface area contributed by atoms with Crippen molar-refractivity contribution in [3.8, 4) is 0 Å². The van der Waals surface area contributed by atoms with Crippen LogP contribution in [0.4, 0.5) is 0 Å². The van der Waals surface area contributed by atoms with E-state index in [4.69, 9.17) is 4.74 Å². The van der Waals surface area contributed by atoms with Gasteiger partial charge in [0, 0.05) is 19.2 Å². The van der Waals surface area contributed by atoms with Crippen molar-refractivity contribution in [2.45, 2.75) is 19.9 Å². The summed E-state index contributed by atoms with van der Waals surface area (Å²) in [6, 6.07) is 15.3. The van der Waals surface area contributed by atoms with E-state index < -0.39 is 0 Å². The van der Waals surface area contributed by atoms with Crippen molar-refractivity contribution in [1.82, 2.24) is 5.32 Å². The van der Waals surface area contributed by atoms with Crippen molar-refractivity contribution < 1.29 is 4.74 Å². The smallest absolute Gasteiger partial charge is 0.0590 e.